The molecule has 106 valence electrons. The Kier molecular flexibility index (Phi) is 5.15. The minimum absolute atomic E-state index is 0.0395. The number of aliphatic hydroxyl groups is 1. The fourth-order valence-electron chi connectivity index (χ4n) is 1.80. The smallest absolute Gasteiger partial charge is 0.310 e. The Labute approximate surface area is 122 Å². The maximum atomic E-state index is 11.2. The van der Waals surface area contributed by atoms with Gasteiger partial charge in [0.25, 0.3) is 0 Å². The number of methoxy groups -OCH3 is 1. The number of thiophene rings is 1. The highest BCUT2D eigenvalue weighted by molar-refractivity contribution is 7.12. The first kappa shape index (κ1) is 14.6. The lowest BCUT2D eigenvalue weighted by Crippen LogP contribution is -2.02. The second kappa shape index (κ2) is 7.07. The second-order valence-electron chi connectivity index (χ2n) is 4.33. The summed E-state index contributed by atoms with van der Waals surface area (Å²) in [7, 11) is 1.40. The van der Waals surface area contributed by atoms with Gasteiger partial charge in [-0.1, -0.05) is 12.1 Å². The quantitative estimate of drug-likeness (QED) is 0.803. The predicted octanol–water partition coefficient (Wildman–Crippen LogP) is 2.57. The van der Waals surface area contributed by atoms with Crippen LogP contribution >= 0.6 is 11.3 Å². The number of rotatable bonds is 6. The van der Waals surface area contributed by atoms with Crippen molar-refractivity contribution < 1.29 is 14.6 Å². The first-order chi connectivity index (χ1) is 9.71. The van der Waals surface area contributed by atoms with Gasteiger partial charge >= 0.3 is 5.97 Å². The molecule has 0 saturated carbocycles. The minimum atomic E-state index is -0.220. The molecule has 0 aliphatic rings. The zero-order valence-corrected chi connectivity index (χ0v) is 12.1. The molecule has 0 spiro atoms. The third-order valence-corrected chi connectivity index (χ3v) is 3.93. The normalized spacial score (nSPS) is 10.3. The molecule has 0 unspecified atom stereocenters. The first-order valence-corrected chi connectivity index (χ1v) is 7.11. The van der Waals surface area contributed by atoms with Gasteiger partial charge in [-0.2, -0.15) is 0 Å². The number of nitrogens with one attached hydrogen (secondary N) is 1. The van der Waals surface area contributed by atoms with Crippen molar-refractivity contribution in [1.29, 1.82) is 0 Å². The van der Waals surface area contributed by atoms with Crippen molar-refractivity contribution in [1.82, 2.24) is 0 Å². The summed E-state index contributed by atoms with van der Waals surface area (Å²) in [5.74, 6) is -0.220. The minimum Gasteiger partial charge on any atom is -0.469 e. The molecule has 0 bridgehead atoms. The molecule has 4 nitrogen and oxygen atoms in total. The molecule has 0 radical (unpaired) electrons. The van der Waals surface area contributed by atoms with E-state index >= 15 is 0 Å². The highest BCUT2D eigenvalue weighted by atomic mass is 32.1. The molecule has 20 heavy (non-hydrogen) atoms. The van der Waals surface area contributed by atoms with E-state index in [0.29, 0.717) is 13.0 Å². The van der Waals surface area contributed by atoms with Gasteiger partial charge < -0.3 is 15.2 Å². The van der Waals surface area contributed by atoms with Gasteiger partial charge in [0.05, 0.1) is 20.1 Å². The van der Waals surface area contributed by atoms with Crippen molar-refractivity contribution in [3.8, 4) is 0 Å². The molecule has 0 amide bonds. The Morgan fingerprint density at radius 3 is 2.85 bits per heavy atom. The molecule has 0 aliphatic carbocycles. The van der Waals surface area contributed by atoms with Crippen LogP contribution < -0.4 is 5.32 Å². The Bertz CT molecular complexity index is 580. The van der Waals surface area contributed by atoms with E-state index in [0.717, 1.165) is 21.0 Å². The van der Waals surface area contributed by atoms with E-state index in [4.69, 9.17) is 5.11 Å². The van der Waals surface area contributed by atoms with Crippen LogP contribution in [0, 0.1) is 0 Å². The molecule has 2 rings (SSSR count). The summed E-state index contributed by atoms with van der Waals surface area (Å²) in [6.07, 6.45) is 0.321. The van der Waals surface area contributed by atoms with Crippen molar-refractivity contribution >= 4 is 23.0 Å². The highest BCUT2D eigenvalue weighted by Gasteiger charge is 2.06. The van der Waals surface area contributed by atoms with E-state index < -0.39 is 0 Å². The number of carbonyl (C=O) groups is 1. The van der Waals surface area contributed by atoms with E-state index in [9.17, 15) is 4.79 Å². The van der Waals surface area contributed by atoms with Crippen LogP contribution in [0.2, 0.25) is 0 Å². The summed E-state index contributed by atoms with van der Waals surface area (Å²) < 4.78 is 4.65. The molecule has 1 heterocycles. The van der Waals surface area contributed by atoms with Crippen molar-refractivity contribution in [3.05, 3.63) is 51.7 Å². The average Bonchev–Trinajstić information content (AvgIpc) is 2.92. The first-order valence-electron chi connectivity index (χ1n) is 6.29. The molecule has 5 heteroatoms. The maximum absolute atomic E-state index is 11.2. The van der Waals surface area contributed by atoms with Crippen LogP contribution in [0.25, 0.3) is 0 Å². The zero-order chi connectivity index (χ0) is 14.4. The SMILES string of the molecule is COC(=O)Cc1ccc(CNc2cccc(CO)c2)s1. The largest absolute Gasteiger partial charge is 0.469 e. The summed E-state index contributed by atoms with van der Waals surface area (Å²) in [5, 5.41) is 12.4. The number of aliphatic hydroxyl groups excluding tert-OH is 1. The summed E-state index contributed by atoms with van der Waals surface area (Å²) in [4.78, 5) is 13.3. The lowest BCUT2D eigenvalue weighted by atomic mass is 10.2. The molecule has 0 aliphatic heterocycles. The van der Waals surface area contributed by atoms with Gasteiger partial charge in [-0.15, -0.1) is 11.3 Å². The van der Waals surface area contributed by atoms with Gasteiger partial charge in [-0.3, -0.25) is 4.79 Å². The third kappa shape index (κ3) is 4.08. The van der Waals surface area contributed by atoms with E-state index in [1.165, 1.54) is 7.11 Å². The average molecular weight is 291 g/mol. The van der Waals surface area contributed by atoms with Crippen LogP contribution in [-0.4, -0.2) is 18.2 Å². The predicted molar refractivity (Wildman–Crippen MR) is 79.7 cm³/mol. The van der Waals surface area contributed by atoms with Gasteiger partial charge in [-0.05, 0) is 29.8 Å². The molecule has 0 atom stereocenters. The Morgan fingerprint density at radius 2 is 2.10 bits per heavy atom. The lowest BCUT2D eigenvalue weighted by Gasteiger charge is -2.06. The molecular formula is C15H17NO3S. The Hall–Kier alpha value is -1.85. The summed E-state index contributed by atoms with van der Waals surface area (Å²) in [5.41, 5.74) is 1.85. The highest BCUT2D eigenvalue weighted by Crippen LogP contribution is 2.19. The van der Waals surface area contributed by atoms with Crippen LogP contribution in [0.1, 0.15) is 15.3 Å². The van der Waals surface area contributed by atoms with Crippen LogP contribution in [-0.2, 0) is 29.1 Å². The number of carbonyl (C=O) groups excluding carboxylic acids is 1. The van der Waals surface area contributed by atoms with Gasteiger partial charge in [-0.25, -0.2) is 0 Å². The molecule has 1 aromatic heterocycles. The van der Waals surface area contributed by atoms with Crippen molar-refractivity contribution in [2.24, 2.45) is 0 Å². The van der Waals surface area contributed by atoms with Crippen molar-refractivity contribution in [3.63, 3.8) is 0 Å². The Morgan fingerprint density at radius 1 is 1.30 bits per heavy atom. The number of ether oxygens (including phenoxy) is 1. The second-order valence-corrected chi connectivity index (χ2v) is 5.59. The lowest BCUT2D eigenvalue weighted by molar-refractivity contribution is -0.139. The summed E-state index contributed by atoms with van der Waals surface area (Å²) in [6, 6.07) is 11.6. The monoisotopic (exact) mass is 291 g/mol. The fourth-order valence-corrected chi connectivity index (χ4v) is 2.74. The van der Waals surface area contributed by atoms with E-state index in [1.807, 2.05) is 36.4 Å². The van der Waals surface area contributed by atoms with Gasteiger partial charge in [0.15, 0.2) is 0 Å². The standard InChI is InChI=1S/C15H17NO3S/c1-19-15(18)8-13-5-6-14(20-13)9-16-12-4-2-3-11(7-12)10-17/h2-7,16-17H,8-10H2,1H3. The van der Waals surface area contributed by atoms with Crippen molar-refractivity contribution in [2.75, 3.05) is 12.4 Å². The molecular weight excluding hydrogens is 274 g/mol. The van der Waals surface area contributed by atoms with Crippen LogP contribution in [0.4, 0.5) is 5.69 Å². The molecule has 1 aromatic carbocycles. The van der Waals surface area contributed by atoms with Crippen LogP contribution in [0.5, 0.6) is 0 Å². The van der Waals surface area contributed by atoms with E-state index in [2.05, 4.69) is 10.1 Å². The molecule has 0 fully saturated rings. The van der Waals surface area contributed by atoms with Crippen molar-refractivity contribution in [2.45, 2.75) is 19.6 Å². The third-order valence-electron chi connectivity index (χ3n) is 2.84. The number of anilines is 1. The van der Waals surface area contributed by atoms with E-state index in [-0.39, 0.29) is 12.6 Å². The fraction of sp³-hybridized carbons (Fsp3) is 0.267. The molecule has 2 aromatic rings. The Balaban J connectivity index is 1.92. The van der Waals surface area contributed by atoms with Crippen LogP contribution in [0.15, 0.2) is 36.4 Å². The van der Waals surface area contributed by atoms with Gasteiger partial charge in [0.2, 0.25) is 0 Å². The molecule has 2 N–H and O–H groups in total. The number of hydrogen-bond donors (Lipinski definition) is 2. The van der Waals surface area contributed by atoms with Gasteiger partial charge in [0.1, 0.15) is 0 Å². The maximum Gasteiger partial charge on any atom is 0.310 e. The van der Waals surface area contributed by atoms with Crippen LogP contribution in [0.3, 0.4) is 0 Å². The number of esters is 1. The number of benzene rings is 1. The zero-order valence-electron chi connectivity index (χ0n) is 11.3. The molecule has 0 saturated heterocycles. The number of hydrogen-bond acceptors (Lipinski definition) is 5. The topological polar surface area (TPSA) is 58.6 Å². The van der Waals surface area contributed by atoms with Gasteiger partial charge in [0, 0.05) is 22.0 Å². The summed E-state index contributed by atoms with van der Waals surface area (Å²) >= 11 is 1.59. The summed E-state index contributed by atoms with van der Waals surface area (Å²) in [6.45, 7) is 0.735. The van der Waals surface area contributed by atoms with E-state index in [1.54, 1.807) is 11.3 Å².